The number of fused-ring (bicyclic) bond motifs is 1. The van der Waals surface area contributed by atoms with Crippen molar-refractivity contribution in [2.24, 2.45) is 0 Å². The summed E-state index contributed by atoms with van der Waals surface area (Å²) in [5, 5.41) is 9.79. The fourth-order valence-electron chi connectivity index (χ4n) is 1.58. The zero-order valence-corrected chi connectivity index (χ0v) is 8.61. The SMILES string of the molecule is COc1c(C#N)cnc2ccc(C)cc12. The highest BCUT2D eigenvalue weighted by Gasteiger charge is 2.08. The van der Waals surface area contributed by atoms with Gasteiger partial charge in [-0.3, -0.25) is 4.98 Å². The highest BCUT2D eigenvalue weighted by molar-refractivity contribution is 5.87. The molecule has 0 saturated heterocycles. The third kappa shape index (κ3) is 1.50. The van der Waals surface area contributed by atoms with Gasteiger partial charge in [0, 0.05) is 11.6 Å². The monoisotopic (exact) mass is 198 g/mol. The molecule has 1 heterocycles. The number of hydrogen-bond donors (Lipinski definition) is 0. The van der Waals surface area contributed by atoms with Crippen molar-refractivity contribution in [1.29, 1.82) is 5.26 Å². The number of nitrogens with zero attached hydrogens (tertiary/aromatic N) is 2. The van der Waals surface area contributed by atoms with Gasteiger partial charge in [0.05, 0.1) is 12.6 Å². The van der Waals surface area contributed by atoms with Gasteiger partial charge in [0.1, 0.15) is 17.4 Å². The fourth-order valence-corrected chi connectivity index (χ4v) is 1.58. The Labute approximate surface area is 87.9 Å². The molecular formula is C12H10N2O. The number of ether oxygens (including phenoxy) is 1. The van der Waals surface area contributed by atoms with Crippen LogP contribution in [0.1, 0.15) is 11.1 Å². The Hall–Kier alpha value is -2.08. The molecular weight excluding hydrogens is 188 g/mol. The molecule has 0 atom stereocenters. The van der Waals surface area contributed by atoms with Crippen LogP contribution in [0, 0.1) is 18.3 Å². The van der Waals surface area contributed by atoms with E-state index in [1.54, 1.807) is 7.11 Å². The maximum Gasteiger partial charge on any atom is 0.147 e. The van der Waals surface area contributed by atoms with E-state index in [0.29, 0.717) is 11.3 Å². The predicted molar refractivity (Wildman–Crippen MR) is 57.7 cm³/mol. The van der Waals surface area contributed by atoms with E-state index >= 15 is 0 Å². The van der Waals surface area contributed by atoms with E-state index in [0.717, 1.165) is 16.5 Å². The summed E-state index contributed by atoms with van der Waals surface area (Å²) in [4.78, 5) is 4.20. The van der Waals surface area contributed by atoms with Gasteiger partial charge < -0.3 is 4.74 Å². The van der Waals surface area contributed by atoms with Crippen LogP contribution in [0.15, 0.2) is 24.4 Å². The summed E-state index contributed by atoms with van der Waals surface area (Å²) in [6.45, 7) is 2.00. The van der Waals surface area contributed by atoms with Crippen LogP contribution in [0.2, 0.25) is 0 Å². The van der Waals surface area contributed by atoms with Gasteiger partial charge in [-0.25, -0.2) is 0 Å². The Kier molecular flexibility index (Phi) is 2.26. The molecule has 1 aromatic carbocycles. The third-order valence-corrected chi connectivity index (χ3v) is 2.30. The second-order valence-corrected chi connectivity index (χ2v) is 3.34. The Balaban J connectivity index is 2.86. The number of aryl methyl sites for hydroxylation is 1. The largest absolute Gasteiger partial charge is 0.495 e. The number of benzene rings is 1. The van der Waals surface area contributed by atoms with Crippen LogP contribution in [0.5, 0.6) is 5.75 Å². The molecule has 1 aromatic heterocycles. The van der Waals surface area contributed by atoms with Gasteiger partial charge in [-0.1, -0.05) is 11.6 Å². The highest BCUT2D eigenvalue weighted by atomic mass is 16.5. The first kappa shape index (κ1) is 9.47. The summed E-state index contributed by atoms with van der Waals surface area (Å²) < 4.78 is 5.24. The molecule has 0 radical (unpaired) electrons. The van der Waals surface area contributed by atoms with Crippen LogP contribution >= 0.6 is 0 Å². The van der Waals surface area contributed by atoms with Crippen molar-refractivity contribution in [2.75, 3.05) is 7.11 Å². The minimum absolute atomic E-state index is 0.468. The number of pyridine rings is 1. The Morgan fingerprint density at radius 3 is 2.87 bits per heavy atom. The minimum Gasteiger partial charge on any atom is -0.495 e. The first-order valence-corrected chi connectivity index (χ1v) is 4.59. The van der Waals surface area contributed by atoms with E-state index in [9.17, 15) is 0 Å². The van der Waals surface area contributed by atoms with E-state index < -0.39 is 0 Å². The first-order chi connectivity index (χ1) is 7.26. The number of aromatic nitrogens is 1. The summed E-state index contributed by atoms with van der Waals surface area (Å²) in [5.74, 6) is 0.603. The zero-order chi connectivity index (χ0) is 10.8. The molecule has 3 nitrogen and oxygen atoms in total. The second kappa shape index (κ2) is 3.58. The minimum atomic E-state index is 0.468. The molecule has 0 aliphatic rings. The summed E-state index contributed by atoms with van der Waals surface area (Å²) in [6.07, 6.45) is 1.54. The van der Waals surface area contributed by atoms with E-state index in [1.807, 2.05) is 25.1 Å². The lowest BCUT2D eigenvalue weighted by Gasteiger charge is -2.06. The standard InChI is InChI=1S/C12H10N2O/c1-8-3-4-11-10(5-8)12(15-2)9(6-13)7-14-11/h3-5,7H,1-2H3. The molecule has 74 valence electrons. The maximum absolute atomic E-state index is 8.91. The Morgan fingerprint density at radius 1 is 1.40 bits per heavy atom. The van der Waals surface area contributed by atoms with E-state index in [2.05, 4.69) is 11.1 Å². The topological polar surface area (TPSA) is 45.9 Å². The fraction of sp³-hybridized carbons (Fsp3) is 0.167. The average Bonchev–Trinajstić information content (AvgIpc) is 2.27. The molecule has 0 aliphatic carbocycles. The number of rotatable bonds is 1. The quantitative estimate of drug-likeness (QED) is 0.706. The van der Waals surface area contributed by atoms with Crippen molar-refractivity contribution >= 4 is 10.9 Å². The van der Waals surface area contributed by atoms with Crippen molar-refractivity contribution in [3.8, 4) is 11.8 Å². The third-order valence-electron chi connectivity index (χ3n) is 2.30. The molecule has 0 saturated carbocycles. The van der Waals surface area contributed by atoms with Crippen molar-refractivity contribution in [3.05, 3.63) is 35.5 Å². The van der Waals surface area contributed by atoms with Gasteiger partial charge >= 0.3 is 0 Å². The molecule has 3 heteroatoms. The van der Waals surface area contributed by atoms with Crippen molar-refractivity contribution in [1.82, 2.24) is 4.98 Å². The average molecular weight is 198 g/mol. The molecule has 0 unspecified atom stereocenters. The summed E-state index contributed by atoms with van der Waals surface area (Å²) in [5.41, 5.74) is 2.43. The highest BCUT2D eigenvalue weighted by Crippen LogP contribution is 2.28. The molecule has 15 heavy (non-hydrogen) atoms. The Morgan fingerprint density at radius 2 is 2.20 bits per heavy atom. The first-order valence-electron chi connectivity index (χ1n) is 4.59. The van der Waals surface area contributed by atoms with Crippen molar-refractivity contribution in [3.63, 3.8) is 0 Å². The molecule has 0 spiro atoms. The van der Waals surface area contributed by atoms with E-state index in [4.69, 9.17) is 10.00 Å². The number of hydrogen-bond acceptors (Lipinski definition) is 3. The summed E-state index contributed by atoms with van der Waals surface area (Å²) in [6, 6.07) is 7.96. The molecule has 0 amide bonds. The molecule has 2 rings (SSSR count). The van der Waals surface area contributed by atoms with E-state index in [-0.39, 0.29) is 0 Å². The molecule has 2 aromatic rings. The van der Waals surface area contributed by atoms with Crippen LogP contribution in [0.3, 0.4) is 0 Å². The number of nitriles is 1. The zero-order valence-electron chi connectivity index (χ0n) is 8.61. The normalized spacial score (nSPS) is 9.93. The predicted octanol–water partition coefficient (Wildman–Crippen LogP) is 2.42. The maximum atomic E-state index is 8.91. The summed E-state index contributed by atoms with van der Waals surface area (Å²) >= 11 is 0. The van der Waals surface area contributed by atoms with Gasteiger partial charge in [-0.05, 0) is 19.1 Å². The van der Waals surface area contributed by atoms with Gasteiger partial charge in [-0.15, -0.1) is 0 Å². The van der Waals surface area contributed by atoms with Crippen LogP contribution in [0.4, 0.5) is 0 Å². The lowest BCUT2D eigenvalue weighted by molar-refractivity contribution is 0.418. The smallest absolute Gasteiger partial charge is 0.147 e. The van der Waals surface area contributed by atoms with Gasteiger partial charge in [-0.2, -0.15) is 5.26 Å². The van der Waals surface area contributed by atoms with Gasteiger partial charge in [0.25, 0.3) is 0 Å². The van der Waals surface area contributed by atoms with Gasteiger partial charge in [0.15, 0.2) is 0 Å². The molecule has 0 aliphatic heterocycles. The Bertz CT molecular complexity index is 555. The van der Waals surface area contributed by atoms with Crippen LogP contribution < -0.4 is 4.74 Å². The van der Waals surface area contributed by atoms with Crippen molar-refractivity contribution < 1.29 is 4.74 Å². The lowest BCUT2D eigenvalue weighted by Crippen LogP contribution is -1.92. The van der Waals surface area contributed by atoms with Crippen LogP contribution in [0.25, 0.3) is 10.9 Å². The molecule has 0 N–H and O–H groups in total. The van der Waals surface area contributed by atoms with Crippen LogP contribution in [-0.4, -0.2) is 12.1 Å². The second-order valence-electron chi connectivity index (χ2n) is 3.34. The van der Waals surface area contributed by atoms with Crippen molar-refractivity contribution in [2.45, 2.75) is 6.92 Å². The number of methoxy groups -OCH3 is 1. The van der Waals surface area contributed by atoms with Gasteiger partial charge in [0.2, 0.25) is 0 Å². The summed E-state index contributed by atoms with van der Waals surface area (Å²) in [7, 11) is 1.57. The van der Waals surface area contributed by atoms with E-state index in [1.165, 1.54) is 6.20 Å². The molecule has 0 bridgehead atoms. The lowest BCUT2D eigenvalue weighted by atomic mass is 10.1. The molecule has 0 fully saturated rings. The van der Waals surface area contributed by atoms with Crippen LogP contribution in [-0.2, 0) is 0 Å².